The molecule has 0 N–H and O–H groups in total. The molecule has 1 unspecified atom stereocenters. The Morgan fingerprint density at radius 1 is 1.07 bits per heavy atom. The summed E-state index contributed by atoms with van der Waals surface area (Å²) in [7, 11) is 0. The highest BCUT2D eigenvalue weighted by Gasteiger charge is 2.59. The Labute approximate surface area is 180 Å². The average molecular weight is 449 g/mol. The minimum absolute atomic E-state index is 0.242. The lowest BCUT2D eigenvalue weighted by molar-refractivity contribution is 0.0757. The van der Waals surface area contributed by atoms with E-state index in [1.54, 1.807) is 0 Å². The average Bonchev–Trinajstić information content (AvgIpc) is 2.86. The van der Waals surface area contributed by atoms with Crippen molar-refractivity contribution < 1.29 is 4.74 Å². The first-order valence-electron chi connectivity index (χ1n) is 10.2. The van der Waals surface area contributed by atoms with Gasteiger partial charge in [-0.3, -0.25) is 4.99 Å². The number of aliphatic imine (C=N–C) groups is 1. The molecule has 0 radical (unpaired) electrons. The molecule has 1 spiro atoms. The first kappa shape index (κ1) is 18.7. The van der Waals surface area contributed by atoms with Crippen molar-refractivity contribution >= 4 is 44.3 Å². The van der Waals surface area contributed by atoms with Crippen molar-refractivity contribution in [3.63, 3.8) is 0 Å². The first-order chi connectivity index (χ1) is 13.8. The van der Waals surface area contributed by atoms with Crippen molar-refractivity contribution in [1.82, 2.24) is 0 Å². The van der Waals surface area contributed by atoms with E-state index in [0.717, 1.165) is 33.2 Å². The van der Waals surface area contributed by atoms with Gasteiger partial charge in [-0.25, -0.2) is 0 Å². The predicted octanol–water partition coefficient (Wildman–Crippen LogP) is 6.85. The quantitative estimate of drug-likeness (QED) is 0.428. The van der Waals surface area contributed by atoms with E-state index in [-0.39, 0.29) is 5.41 Å². The van der Waals surface area contributed by atoms with Crippen molar-refractivity contribution in [1.29, 1.82) is 0 Å². The van der Waals surface area contributed by atoms with Crippen molar-refractivity contribution in [3.05, 3.63) is 64.6 Å². The van der Waals surface area contributed by atoms with E-state index in [0.29, 0.717) is 5.92 Å². The molecule has 5 rings (SSSR count). The minimum atomic E-state index is -0.642. The third kappa shape index (κ3) is 2.58. The number of halogens is 1. The third-order valence-electron chi connectivity index (χ3n) is 6.26. The number of hydrogen-bond acceptors (Lipinski definition) is 3. The second kappa shape index (κ2) is 6.33. The fraction of sp³-hybridized carbons (Fsp3) is 0.320. The zero-order valence-electron chi connectivity index (χ0n) is 17.2. The van der Waals surface area contributed by atoms with E-state index in [4.69, 9.17) is 9.73 Å². The standard InChI is InChI=1S/C25H25BrN2O/c1-16(2)14-28-21-8-6-5-7-20(21)24(3,4)25(28)15-27-23-19-11-10-18(26)13-17(19)9-12-22(23)29-25/h5-13,15-16H,14H2,1-4H3. The fourth-order valence-corrected chi connectivity index (χ4v) is 5.16. The van der Waals surface area contributed by atoms with E-state index in [1.165, 1.54) is 11.3 Å². The lowest BCUT2D eigenvalue weighted by Gasteiger charge is -2.46. The number of anilines is 1. The van der Waals surface area contributed by atoms with Gasteiger partial charge in [-0.15, -0.1) is 0 Å². The SMILES string of the molecule is CC(C)CN1c2ccccc2C(C)(C)C12C=Nc1c(ccc3cc(Br)ccc13)O2. The van der Waals surface area contributed by atoms with Gasteiger partial charge in [-0.05, 0) is 55.0 Å². The van der Waals surface area contributed by atoms with E-state index in [1.807, 2.05) is 6.21 Å². The molecule has 0 bridgehead atoms. The van der Waals surface area contributed by atoms with E-state index >= 15 is 0 Å². The summed E-state index contributed by atoms with van der Waals surface area (Å²) in [5.74, 6) is 1.35. The van der Waals surface area contributed by atoms with Gasteiger partial charge in [-0.2, -0.15) is 0 Å². The summed E-state index contributed by atoms with van der Waals surface area (Å²) in [6.45, 7) is 9.94. The van der Waals surface area contributed by atoms with Crippen molar-refractivity contribution in [2.75, 3.05) is 11.4 Å². The number of rotatable bonds is 2. The van der Waals surface area contributed by atoms with Gasteiger partial charge in [0, 0.05) is 22.1 Å². The largest absolute Gasteiger partial charge is 0.459 e. The summed E-state index contributed by atoms with van der Waals surface area (Å²) in [5, 5.41) is 2.27. The zero-order valence-corrected chi connectivity index (χ0v) is 18.8. The molecule has 1 atom stereocenters. The summed E-state index contributed by atoms with van der Waals surface area (Å²) in [6, 6.07) is 19.1. The maximum atomic E-state index is 6.89. The Morgan fingerprint density at radius 3 is 2.66 bits per heavy atom. The van der Waals surface area contributed by atoms with E-state index in [9.17, 15) is 0 Å². The molecule has 0 aromatic heterocycles. The van der Waals surface area contributed by atoms with Gasteiger partial charge in [0.1, 0.15) is 11.4 Å². The maximum Gasteiger partial charge on any atom is 0.228 e. The van der Waals surface area contributed by atoms with Crippen LogP contribution < -0.4 is 9.64 Å². The summed E-state index contributed by atoms with van der Waals surface area (Å²) in [6.07, 6.45) is 2.04. The Hall–Kier alpha value is -2.33. The lowest BCUT2D eigenvalue weighted by Crippen LogP contribution is -2.62. The smallest absolute Gasteiger partial charge is 0.228 e. The molecule has 3 nitrogen and oxygen atoms in total. The van der Waals surface area contributed by atoms with Gasteiger partial charge < -0.3 is 9.64 Å². The summed E-state index contributed by atoms with van der Waals surface area (Å²) >= 11 is 3.56. The molecule has 3 aromatic carbocycles. The molecular weight excluding hydrogens is 424 g/mol. The highest BCUT2D eigenvalue weighted by molar-refractivity contribution is 9.10. The van der Waals surface area contributed by atoms with Crippen LogP contribution in [-0.4, -0.2) is 18.5 Å². The molecular formula is C25H25BrN2O. The number of para-hydroxylation sites is 1. The van der Waals surface area contributed by atoms with Crippen LogP contribution in [0.25, 0.3) is 10.8 Å². The Kier molecular flexibility index (Phi) is 4.08. The van der Waals surface area contributed by atoms with E-state index in [2.05, 4.69) is 103 Å². The number of fused-ring (bicyclic) bond motifs is 4. The van der Waals surface area contributed by atoms with Gasteiger partial charge in [0.15, 0.2) is 0 Å². The van der Waals surface area contributed by atoms with Crippen LogP contribution in [0.1, 0.15) is 33.3 Å². The first-order valence-corrected chi connectivity index (χ1v) is 11.0. The molecule has 29 heavy (non-hydrogen) atoms. The second-order valence-corrected chi connectivity index (χ2v) is 9.90. The molecule has 2 heterocycles. The third-order valence-corrected chi connectivity index (χ3v) is 6.76. The van der Waals surface area contributed by atoms with Crippen LogP contribution in [0.3, 0.4) is 0 Å². The number of benzene rings is 3. The molecule has 0 amide bonds. The van der Waals surface area contributed by atoms with Crippen LogP contribution in [0, 0.1) is 5.92 Å². The van der Waals surface area contributed by atoms with Gasteiger partial charge in [-0.1, -0.05) is 60.1 Å². The normalized spacial score (nSPS) is 21.5. The molecule has 4 heteroatoms. The molecule has 0 fully saturated rings. The molecule has 2 aliphatic rings. The van der Waals surface area contributed by atoms with Gasteiger partial charge in [0.25, 0.3) is 0 Å². The highest BCUT2D eigenvalue weighted by atomic mass is 79.9. The predicted molar refractivity (Wildman–Crippen MR) is 125 cm³/mol. The van der Waals surface area contributed by atoms with Crippen LogP contribution >= 0.6 is 15.9 Å². The van der Waals surface area contributed by atoms with E-state index < -0.39 is 5.72 Å². The summed E-state index contributed by atoms with van der Waals surface area (Å²) < 4.78 is 7.96. The van der Waals surface area contributed by atoms with Gasteiger partial charge >= 0.3 is 0 Å². The number of hydrogen-bond donors (Lipinski definition) is 0. The molecule has 0 aliphatic carbocycles. The van der Waals surface area contributed by atoms with Gasteiger partial charge in [0.2, 0.25) is 5.72 Å². The topological polar surface area (TPSA) is 24.8 Å². The van der Waals surface area contributed by atoms with Crippen molar-refractivity contribution in [3.8, 4) is 5.75 Å². The number of ether oxygens (including phenoxy) is 1. The van der Waals surface area contributed by atoms with Gasteiger partial charge in [0.05, 0.1) is 11.6 Å². The van der Waals surface area contributed by atoms with Crippen LogP contribution in [0.15, 0.2) is 64.1 Å². The molecule has 148 valence electrons. The Morgan fingerprint density at radius 2 is 1.86 bits per heavy atom. The Balaban J connectivity index is 1.70. The zero-order chi connectivity index (χ0) is 20.4. The fourth-order valence-electron chi connectivity index (χ4n) is 4.79. The molecule has 2 aliphatic heterocycles. The minimum Gasteiger partial charge on any atom is -0.459 e. The van der Waals surface area contributed by atoms with Crippen LogP contribution in [-0.2, 0) is 5.41 Å². The molecule has 0 saturated heterocycles. The maximum absolute atomic E-state index is 6.89. The summed E-state index contributed by atoms with van der Waals surface area (Å²) in [4.78, 5) is 7.42. The molecule has 0 saturated carbocycles. The highest BCUT2D eigenvalue weighted by Crippen LogP contribution is 2.54. The Bertz CT molecular complexity index is 1150. The molecule has 3 aromatic rings. The van der Waals surface area contributed by atoms with Crippen molar-refractivity contribution in [2.45, 2.75) is 38.8 Å². The van der Waals surface area contributed by atoms with Crippen molar-refractivity contribution in [2.24, 2.45) is 10.9 Å². The second-order valence-electron chi connectivity index (χ2n) is 8.98. The van der Waals surface area contributed by atoms with Crippen LogP contribution in [0.5, 0.6) is 5.75 Å². The summed E-state index contributed by atoms with van der Waals surface area (Å²) in [5.41, 5.74) is 2.58. The monoisotopic (exact) mass is 448 g/mol. The number of nitrogens with zero attached hydrogens (tertiary/aromatic N) is 2. The van der Waals surface area contributed by atoms with Crippen LogP contribution in [0.4, 0.5) is 11.4 Å². The lowest BCUT2D eigenvalue weighted by atomic mass is 9.77. The van der Waals surface area contributed by atoms with Crippen LogP contribution in [0.2, 0.25) is 0 Å².